The van der Waals surface area contributed by atoms with E-state index in [4.69, 9.17) is 9.47 Å². The highest BCUT2D eigenvalue weighted by Crippen LogP contribution is 2.33. The van der Waals surface area contributed by atoms with Gasteiger partial charge in [-0.3, -0.25) is 24.7 Å². The van der Waals surface area contributed by atoms with Gasteiger partial charge in [-0.25, -0.2) is 4.98 Å². The van der Waals surface area contributed by atoms with Crippen LogP contribution in [-0.2, 0) is 4.74 Å². The van der Waals surface area contributed by atoms with Crippen LogP contribution in [0.1, 0.15) is 16.1 Å². The molecule has 0 unspecified atom stereocenters. The largest absolute Gasteiger partial charge is 0.497 e. The first-order chi connectivity index (χ1) is 15.0. The van der Waals surface area contributed by atoms with Crippen LogP contribution in [0.15, 0.2) is 30.3 Å². The van der Waals surface area contributed by atoms with E-state index in [-0.39, 0.29) is 10.9 Å². The van der Waals surface area contributed by atoms with Crippen molar-refractivity contribution in [3.63, 3.8) is 0 Å². The summed E-state index contributed by atoms with van der Waals surface area (Å²) >= 11 is 2.31. The maximum Gasteiger partial charge on any atom is 0.324 e. The van der Waals surface area contributed by atoms with Crippen molar-refractivity contribution in [1.82, 2.24) is 9.88 Å². The number of nitro groups is 1. The molecule has 0 aliphatic carbocycles. The van der Waals surface area contributed by atoms with Crippen molar-refractivity contribution in [1.29, 1.82) is 0 Å². The van der Waals surface area contributed by atoms with Crippen molar-refractivity contribution in [3.8, 4) is 5.75 Å². The van der Waals surface area contributed by atoms with Crippen LogP contribution in [0.4, 0.5) is 10.1 Å². The monoisotopic (exact) mass is 462 g/mol. The molecule has 11 heteroatoms. The van der Waals surface area contributed by atoms with Crippen molar-refractivity contribution in [2.24, 2.45) is 0 Å². The molecular formula is C20H22N4O5S2. The Morgan fingerprint density at radius 3 is 2.81 bits per heavy atom. The second-order valence-corrected chi connectivity index (χ2v) is 9.06. The van der Waals surface area contributed by atoms with E-state index >= 15 is 0 Å². The van der Waals surface area contributed by atoms with Gasteiger partial charge in [-0.15, -0.1) is 0 Å². The van der Waals surface area contributed by atoms with Gasteiger partial charge in [0, 0.05) is 38.3 Å². The minimum absolute atomic E-state index is 0.0503. The summed E-state index contributed by atoms with van der Waals surface area (Å²) in [5, 5.41) is 11.6. The van der Waals surface area contributed by atoms with Crippen LogP contribution in [0.5, 0.6) is 5.75 Å². The van der Waals surface area contributed by atoms with E-state index in [1.54, 1.807) is 12.0 Å². The van der Waals surface area contributed by atoms with Gasteiger partial charge < -0.3 is 9.47 Å². The van der Waals surface area contributed by atoms with E-state index in [2.05, 4.69) is 9.88 Å². The number of thiazole rings is 1. The van der Waals surface area contributed by atoms with Crippen molar-refractivity contribution in [2.75, 3.05) is 51.4 Å². The van der Waals surface area contributed by atoms with Crippen molar-refractivity contribution in [2.45, 2.75) is 6.42 Å². The number of anilines is 1. The molecule has 0 radical (unpaired) electrons. The topological polar surface area (TPSA) is 98.0 Å². The molecule has 164 valence electrons. The Labute approximate surface area is 187 Å². The number of methoxy groups -OCH3 is 1. The highest BCUT2D eigenvalue weighted by atomic mass is 32.1. The zero-order valence-corrected chi connectivity index (χ0v) is 18.6. The second-order valence-electron chi connectivity index (χ2n) is 6.99. The van der Waals surface area contributed by atoms with Crippen molar-refractivity contribution >= 4 is 48.9 Å². The summed E-state index contributed by atoms with van der Waals surface area (Å²) < 4.78 is 11.6. The number of carbonyl (C=O) groups is 1. The van der Waals surface area contributed by atoms with Gasteiger partial charge >= 0.3 is 5.00 Å². The molecule has 3 heterocycles. The molecule has 0 spiro atoms. The van der Waals surface area contributed by atoms with Crippen LogP contribution in [0.3, 0.4) is 0 Å². The fraction of sp³-hybridized carbons (Fsp3) is 0.400. The molecule has 1 aromatic carbocycles. The third kappa shape index (κ3) is 5.01. The number of amides is 1. The average Bonchev–Trinajstić information content (AvgIpc) is 3.44. The maximum absolute atomic E-state index is 13.3. The molecule has 4 rings (SSSR count). The van der Waals surface area contributed by atoms with Crippen LogP contribution < -0.4 is 9.64 Å². The Morgan fingerprint density at radius 2 is 2.10 bits per heavy atom. The number of hydrogen-bond acceptors (Lipinski definition) is 9. The van der Waals surface area contributed by atoms with E-state index in [1.807, 2.05) is 18.2 Å². The molecule has 0 saturated carbocycles. The molecule has 3 aromatic rings. The van der Waals surface area contributed by atoms with Crippen LogP contribution in [0.25, 0.3) is 10.2 Å². The zero-order chi connectivity index (χ0) is 21.8. The van der Waals surface area contributed by atoms with E-state index in [0.717, 1.165) is 60.8 Å². The summed E-state index contributed by atoms with van der Waals surface area (Å²) in [7, 11) is 1.60. The molecular weight excluding hydrogens is 440 g/mol. The van der Waals surface area contributed by atoms with E-state index in [9.17, 15) is 14.9 Å². The predicted octanol–water partition coefficient (Wildman–Crippen LogP) is 3.64. The number of fused-ring (bicyclic) bond motifs is 1. The van der Waals surface area contributed by atoms with Crippen LogP contribution in [0.2, 0.25) is 0 Å². The molecule has 1 amide bonds. The van der Waals surface area contributed by atoms with Crippen LogP contribution >= 0.6 is 22.7 Å². The summed E-state index contributed by atoms with van der Waals surface area (Å²) in [5.74, 6) is 0.425. The molecule has 0 atom stereocenters. The summed E-state index contributed by atoms with van der Waals surface area (Å²) in [6.45, 7) is 4.52. The van der Waals surface area contributed by atoms with Gasteiger partial charge in [0.25, 0.3) is 5.91 Å². The van der Waals surface area contributed by atoms with Crippen LogP contribution in [-0.4, -0.2) is 67.2 Å². The number of aromatic nitrogens is 1. The highest BCUT2D eigenvalue weighted by molar-refractivity contribution is 7.22. The number of nitrogens with zero attached hydrogens (tertiary/aromatic N) is 4. The van der Waals surface area contributed by atoms with Gasteiger partial charge in [0.1, 0.15) is 5.75 Å². The van der Waals surface area contributed by atoms with Crippen molar-refractivity contribution in [3.05, 3.63) is 45.3 Å². The van der Waals surface area contributed by atoms with Gasteiger partial charge in [0.05, 0.1) is 40.3 Å². The first kappa shape index (κ1) is 21.6. The lowest BCUT2D eigenvalue weighted by Crippen LogP contribution is -2.39. The number of morpholine rings is 1. The smallest absolute Gasteiger partial charge is 0.324 e. The van der Waals surface area contributed by atoms with E-state index in [1.165, 1.54) is 23.5 Å². The van der Waals surface area contributed by atoms with Crippen LogP contribution in [0, 0.1) is 10.1 Å². The maximum atomic E-state index is 13.3. The molecule has 9 nitrogen and oxygen atoms in total. The third-order valence-corrected chi connectivity index (χ3v) is 7.09. The lowest BCUT2D eigenvalue weighted by molar-refractivity contribution is -0.380. The van der Waals surface area contributed by atoms with Gasteiger partial charge in [0.15, 0.2) is 5.13 Å². The Morgan fingerprint density at radius 1 is 1.29 bits per heavy atom. The minimum atomic E-state index is -0.478. The second kappa shape index (κ2) is 9.69. The standard InChI is InChI=1S/C20H22N4O5S2/c1-28-14-3-4-16-15(13-14)21-20(31-16)23(8-2-7-22-9-11-29-12-10-22)19(25)17-5-6-18(30-17)24(26)27/h3-6,13H,2,7-12H2,1H3. The molecule has 1 aliphatic rings. The minimum Gasteiger partial charge on any atom is -0.497 e. The molecule has 0 N–H and O–H groups in total. The number of ether oxygens (including phenoxy) is 2. The Hall–Kier alpha value is -2.60. The third-order valence-electron chi connectivity index (χ3n) is 5.00. The first-order valence-electron chi connectivity index (χ1n) is 9.86. The van der Waals surface area contributed by atoms with Gasteiger partial charge in [-0.05, 0) is 24.6 Å². The number of benzene rings is 1. The lowest BCUT2D eigenvalue weighted by Gasteiger charge is -2.27. The Balaban J connectivity index is 1.57. The molecule has 1 fully saturated rings. The number of thiophene rings is 1. The predicted molar refractivity (Wildman–Crippen MR) is 121 cm³/mol. The lowest BCUT2D eigenvalue weighted by atomic mass is 10.3. The Bertz CT molecular complexity index is 1080. The first-order valence-corrected chi connectivity index (χ1v) is 11.5. The number of hydrogen-bond donors (Lipinski definition) is 0. The highest BCUT2D eigenvalue weighted by Gasteiger charge is 2.25. The average molecular weight is 463 g/mol. The summed E-state index contributed by atoms with van der Waals surface area (Å²) in [6, 6.07) is 8.49. The normalized spacial score (nSPS) is 14.6. The quantitative estimate of drug-likeness (QED) is 0.372. The molecule has 31 heavy (non-hydrogen) atoms. The van der Waals surface area contributed by atoms with E-state index < -0.39 is 4.92 Å². The fourth-order valence-electron chi connectivity index (χ4n) is 3.37. The van der Waals surface area contributed by atoms with Crippen molar-refractivity contribution < 1.29 is 19.2 Å². The fourth-order valence-corrected chi connectivity index (χ4v) is 5.11. The molecule has 0 bridgehead atoms. The van der Waals surface area contributed by atoms with Gasteiger partial charge in [-0.1, -0.05) is 22.7 Å². The SMILES string of the molecule is COc1ccc2sc(N(CCCN3CCOCC3)C(=O)c3ccc([N+](=O)[O-])s3)nc2c1. The summed E-state index contributed by atoms with van der Waals surface area (Å²) in [6.07, 6.45) is 0.762. The zero-order valence-electron chi connectivity index (χ0n) is 17.0. The molecule has 1 saturated heterocycles. The van der Waals surface area contributed by atoms with E-state index in [0.29, 0.717) is 22.3 Å². The van der Waals surface area contributed by atoms with Gasteiger partial charge in [0.2, 0.25) is 0 Å². The molecule has 2 aromatic heterocycles. The number of carbonyl (C=O) groups excluding carboxylic acids is 1. The summed E-state index contributed by atoms with van der Waals surface area (Å²) in [4.78, 5) is 32.8. The summed E-state index contributed by atoms with van der Waals surface area (Å²) in [5.41, 5.74) is 0.752. The molecule has 1 aliphatic heterocycles. The number of rotatable bonds is 8. The van der Waals surface area contributed by atoms with Gasteiger partial charge in [-0.2, -0.15) is 0 Å². The Kier molecular flexibility index (Phi) is 6.76.